The molecule has 4 rings (SSSR count). The predicted octanol–water partition coefficient (Wildman–Crippen LogP) is 4.22. The summed E-state index contributed by atoms with van der Waals surface area (Å²) in [5.74, 6) is -0.254. The lowest BCUT2D eigenvalue weighted by Gasteiger charge is -2.35. The zero-order chi connectivity index (χ0) is 17.8. The summed E-state index contributed by atoms with van der Waals surface area (Å²) < 4.78 is 19.6. The van der Waals surface area contributed by atoms with E-state index in [0.717, 1.165) is 51.1 Å². The number of aromatic nitrogens is 1. The maximum Gasteiger partial charge on any atom is 0.141 e. The smallest absolute Gasteiger partial charge is 0.141 e. The molecule has 0 saturated carbocycles. The van der Waals surface area contributed by atoms with E-state index >= 15 is 0 Å². The molecule has 3 nitrogen and oxygen atoms in total. The van der Waals surface area contributed by atoms with Crippen molar-refractivity contribution in [1.82, 2.24) is 9.88 Å². The second-order valence-electron chi connectivity index (χ2n) is 7.82. The van der Waals surface area contributed by atoms with Crippen LogP contribution < -0.4 is 0 Å². The van der Waals surface area contributed by atoms with Crippen molar-refractivity contribution >= 4 is 0 Å². The number of pyridine rings is 1. The molecule has 0 bridgehead atoms. The third kappa shape index (κ3) is 3.97. The van der Waals surface area contributed by atoms with Crippen LogP contribution in [0.25, 0.3) is 0 Å². The van der Waals surface area contributed by atoms with Crippen molar-refractivity contribution < 1.29 is 9.13 Å². The molecule has 2 saturated heterocycles. The number of benzene rings is 1. The van der Waals surface area contributed by atoms with E-state index in [4.69, 9.17) is 4.74 Å². The van der Waals surface area contributed by atoms with Gasteiger partial charge in [0.25, 0.3) is 0 Å². The van der Waals surface area contributed by atoms with E-state index in [0.29, 0.717) is 6.10 Å². The second-order valence-corrected chi connectivity index (χ2v) is 7.82. The summed E-state index contributed by atoms with van der Waals surface area (Å²) in [6, 6.07) is 12.3. The molecular formula is C22H27FN2O. The Morgan fingerprint density at radius 1 is 1.19 bits per heavy atom. The third-order valence-electron chi connectivity index (χ3n) is 6.00. The van der Waals surface area contributed by atoms with Crippen molar-refractivity contribution in [2.75, 3.05) is 19.7 Å². The molecule has 2 aromatic rings. The number of rotatable bonds is 6. The van der Waals surface area contributed by atoms with Crippen LogP contribution in [0.3, 0.4) is 0 Å². The van der Waals surface area contributed by atoms with Gasteiger partial charge in [0.05, 0.1) is 12.3 Å². The van der Waals surface area contributed by atoms with Crippen LogP contribution in [0.2, 0.25) is 0 Å². The molecular weight excluding hydrogens is 327 g/mol. The van der Waals surface area contributed by atoms with Gasteiger partial charge in [-0.15, -0.1) is 0 Å². The fourth-order valence-corrected chi connectivity index (χ4v) is 4.65. The van der Waals surface area contributed by atoms with Crippen LogP contribution in [-0.4, -0.2) is 35.7 Å². The molecule has 4 heteroatoms. The Morgan fingerprint density at radius 2 is 2.08 bits per heavy atom. The van der Waals surface area contributed by atoms with Gasteiger partial charge >= 0.3 is 0 Å². The van der Waals surface area contributed by atoms with E-state index in [1.54, 1.807) is 12.3 Å². The van der Waals surface area contributed by atoms with Crippen molar-refractivity contribution in [2.24, 2.45) is 5.41 Å². The molecule has 1 aromatic heterocycles. The Labute approximate surface area is 155 Å². The number of halogens is 1. The van der Waals surface area contributed by atoms with Crippen LogP contribution in [0.1, 0.15) is 36.8 Å². The van der Waals surface area contributed by atoms with Gasteiger partial charge in [0.15, 0.2) is 0 Å². The Balaban J connectivity index is 1.45. The molecule has 2 unspecified atom stereocenters. The molecule has 0 spiro atoms. The van der Waals surface area contributed by atoms with Crippen LogP contribution in [0.5, 0.6) is 0 Å². The van der Waals surface area contributed by atoms with E-state index in [9.17, 15) is 4.39 Å². The molecule has 26 heavy (non-hydrogen) atoms. The summed E-state index contributed by atoms with van der Waals surface area (Å²) in [5, 5.41) is 0. The summed E-state index contributed by atoms with van der Waals surface area (Å²) in [7, 11) is 0. The fourth-order valence-electron chi connectivity index (χ4n) is 4.65. The number of ether oxygens (including phenoxy) is 1. The van der Waals surface area contributed by atoms with Gasteiger partial charge in [0.1, 0.15) is 5.82 Å². The van der Waals surface area contributed by atoms with Crippen molar-refractivity contribution in [3.8, 4) is 0 Å². The molecule has 1 aromatic carbocycles. The topological polar surface area (TPSA) is 25.4 Å². The molecule has 2 aliphatic heterocycles. The van der Waals surface area contributed by atoms with E-state index in [1.807, 2.05) is 0 Å². The molecule has 0 radical (unpaired) electrons. The van der Waals surface area contributed by atoms with E-state index in [1.165, 1.54) is 24.6 Å². The zero-order valence-corrected chi connectivity index (χ0v) is 15.2. The maximum absolute atomic E-state index is 13.4. The predicted molar refractivity (Wildman–Crippen MR) is 100 cm³/mol. The molecule has 138 valence electrons. The first-order chi connectivity index (χ1) is 12.7. The highest BCUT2D eigenvalue weighted by molar-refractivity contribution is 5.16. The van der Waals surface area contributed by atoms with Crippen LogP contribution in [-0.2, 0) is 17.7 Å². The lowest BCUT2D eigenvalue weighted by Crippen LogP contribution is -2.38. The van der Waals surface area contributed by atoms with Gasteiger partial charge in [-0.25, -0.2) is 4.39 Å². The highest BCUT2D eigenvalue weighted by Gasteiger charge is 2.45. The van der Waals surface area contributed by atoms with E-state index < -0.39 is 0 Å². The molecule has 0 amide bonds. The lowest BCUT2D eigenvalue weighted by atomic mass is 9.75. The van der Waals surface area contributed by atoms with Gasteiger partial charge in [-0.2, -0.15) is 0 Å². The second kappa shape index (κ2) is 7.85. The number of likely N-dealkylation sites (tertiary alicyclic amines) is 1. The van der Waals surface area contributed by atoms with Gasteiger partial charge in [0, 0.05) is 31.3 Å². The first kappa shape index (κ1) is 17.6. The van der Waals surface area contributed by atoms with E-state index in [2.05, 4.69) is 40.2 Å². The number of nitrogens with zero attached hydrogens (tertiary/aromatic N) is 2. The molecule has 3 heterocycles. The summed E-state index contributed by atoms with van der Waals surface area (Å²) >= 11 is 0. The van der Waals surface area contributed by atoms with Crippen LogP contribution >= 0.6 is 0 Å². The van der Waals surface area contributed by atoms with Gasteiger partial charge in [0.2, 0.25) is 0 Å². The molecule has 2 aliphatic rings. The monoisotopic (exact) mass is 354 g/mol. The number of hydrogen-bond donors (Lipinski definition) is 0. The Bertz CT molecular complexity index is 717. The highest BCUT2D eigenvalue weighted by atomic mass is 19.1. The number of hydrogen-bond acceptors (Lipinski definition) is 3. The average Bonchev–Trinajstić information content (AvgIpc) is 3.32. The van der Waals surface area contributed by atoms with Gasteiger partial charge in [-0.1, -0.05) is 30.3 Å². The fraction of sp³-hybridized carbons (Fsp3) is 0.500. The van der Waals surface area contributed by atoms with Gasteiger partial charge in [-0.3, -0.25) is 9.88 Å². The minimum absolute atomic E-state index is 0.215. The minimum Gasteiger partial charge on any atom is -0.378 e. The quantitative estimate of drug-likeness (QED) is 0.776. The Hall–Kier alpha value is -1.78. The summed E-state index contributed by atoms with van der Waals surface area (Å²) in [6.07, 6.45) is 9.16. The Kier molecular flexibility index (Phi) is 5.32. The van der Waals surface area contributed by atoms with Gasteiger partial charge < -0.3 is 4.74 Å². The lowest BCUT2D eigenvalue weighted by molar-refractivity contribution is -0.00181. The normalized spacial score (nSPS) is 26.4. The zero-order valence-electron chi connectivity index (χ0n) is 15.2. The third-order valence-corrected chi connectivity index (χ3v) is 6.00. The summed E-state index contributed by atoms with van der Waals surface area (Å²) in [5.41, 5.74) is 2.57. The largest absolute Gasteiger partial charge is 0.378 e. The van der Waals surface area contributed by atoms with Crippen LogP contribution in [0.4, 0.5) is 4.39 Å². The summed E-state index contributed by atoms with van der Waals surface area (Å²) in [6.45, 7) is 3.74. The first-order valence-corrected chi connectivity index (χ1v) is 9.71. The highest BCUT2D eigenvalue weighted by Crippen LogP contribution is 2.43. The van der Waals surface area contributed by atoms with Crippen LogP contribution in [0.15, 0.2) is 48.8 Å². The molecule has 0 aliphatic carbocycles. The van der Waals surface area contributed by atoms with Crippen molar-refractivity contribution in [2.45, 2.75) is 44.8 Å². The van der Waals surface area contributed by atoms with E-state index in [-0.39, 0.29) is 11.2 Å². The average molecular weight is 354 g/mol. The van der Waals surface area contributed by atoms with Gasteiger partial charge in [-0.05, 0) is 55.8 Å². The van der Waals surface area contributed by atoms with Crippen molar-refractivity contribution in [1.29, 1.82) is 0 Å². The molecule has 0 N–H and O–H groups in total. The summed E-state index contributed by atoms with van der Waals surface area (Å²) in [4.78, 5) is 6.44. The first-order valence-electron chi connectivity index (χ1n) is 9.71. The molecule has 2 atom stereocenters. The SMILES string of the molecule is Fc1cncc(CN2CCC(CCc3ccccc3)(C3CCCO3)C2)c1. The minimum atomic E-state index is -0.254. The van der Waals surface area contributed by atoms with Crippen molar-refractivity contribution in [3.63, 3.8) is 0 Å². The maximum atomic E-state index is 13.4. The Morgan fingerprint density at radius 3 is 2.85 bits per heavy atom. The standard InChI is InChI=1S/C22H27FN2O/c23-20-13-19(14-24-15-20)16-25-11-10-22(17-25,21-7-4-12-26-21)9-8-18-5-2-1-3-6-18/h1-3,5-6,13-15,21H,4,7-12,16-17H2. The van der Waals surface area contributed by atoms with Crippen molar-refractivity contribution in [3.05, 3.63) is 65.7 Å². The number of aryl methyl sites for hydroxylation is 1. The molecule has 2 fully saturated rings. The van der Waals surface area contributed by atoms with Crippen LogP contribution in [0, 0.1) is 11.2 Å².